The molecule has 0 spiro atoms. The highest BCUT2D eigenvalue weighted by Gasteiger charge is 2.13. The summed E-state index contributed by atoms with van der Waals surface area (Å²) in [6.45, 7) is 6.84. The molecule has 1 rings (SSSR count). The molecule has 1 atom stereocenters. The van der Waals surface area contributed by atoms with E-state index in [-0.39, 0.29) is 11.9 Å². The number of nitrogens with two attached hydrogens (primary N) is 1. The molecule has 0 saturated heterocycles. The van der Waals surface area contributed by atoms with Crippen LogP contribution >= 0.6 is 0 Å². The number of hydrogen-bond donors (Lipinski definition) is 1. The van der Waals surface area contributed by atoms with Crippen molar-refractivity contribution < 1.29 is 4.79 Å². The van der Waals surface area contributed by atoms with Gasteiger partial charge in [0.25, 0.3) is 0 Å². The van der Waals surface area contributed by atoms with Crippen LogP contribution in [0.15, 0.2) is 18.3 Å². The molecule has 0 saturated carbocycles. The summed E-state index contributed by atoms with van der Waals surface area (Å²) in [6.07, 6.45) is 3.01. The van der Waals surface area contributed by atoms with Crippen molar-refractivity contribution >= 4 is 5.91 Å². The Hall–Kier alpha value is -1.42. The van der Waals surface area contributed by atoms with E-state index in [1.807, 2.05) is 26.1 Å². The molecule has 106 valence electrons. The summed E-state index contributed by atoms with van der Waals surface area (Å²) in [6, 6.07) is 4.03. The molecule has 0 radical (unpaired) electrons. The van der Waals surface area contributed by atoms with Gasteiger partial charge in [0, 0.05) is 31.5 Å². The molecule has 0 aromatic carbocycles. The standard InChI is InChI=1S/C15H25N3O/c1-11(2)14(16)7-8-18(4)15(19)9-13-6-5-12(3)17-10-13/h5-6,10-11,14H,7-9,16H2,1-4H3. The molecular formula is C15H25N3O. The van der Waals surface area contributed by atoms with Crippen LogP contribution in [-0.4, -0.2) is 35.4 Å². The molecule has 0 bridgehead atoms. The van der Waals surface area contributed by atoms with Gasteiger partial charge in [-0.3, -0.25) is 9.78 Å². The smallest absolute Gasteiger partial charge is 0.226 e. The zero-order valence-electron chi connectivity index (χ0n) is 12.4. The summed E-state index contributed by atoms with van der Waals surface area (Å²) < 4.78 is 0. The number of hydrogen-bond acceptors (Lipinski definition) is 3. The highest BCUT2D eigenvalue weighted by Crippen LogP contribution is 2.06. The Bertz CT molecular complexity index is 400. The van der Waals surface area contributed by atoms with Crippen LogP contribution in [0.3, 0.4) is 0 Å². The fourth-order valence-corrected chi connectivity index (χ4v) is 1.71. The summed E-state index contributed by atoms with van der Waals surface area (Å²) in [4.78, 5) is 18.0. The van der Waals surface area contributed by atoms with E-state index in [1.165, 1.54) is 0 Å². The number of aryl methyl sites for hydroxylation is 1. The summed E-state index contributed by atoms with van der Waals surface area (Å²) in [5.41, 5.74) is 7.91. The van der Waals surface area contributed by atoms with Gasteiger partial charge in [-0.1, -0.05) is 19.9 Å². The van der Waals surface area contributed by atoms with E-state index in [4.69, 9.17) is 5.73 Å². The number of carbonyl (C=O) groups is 1. The third-order valence-electron chi connectivity index (χ3n) is 3.41. The molecule has 2 N–H and O–H groups in total. The van der Waals surface area contributed by atoms with Crippen molar-refractivity contribution in [1.29, 1.82) is 0 Å². The minimum absolute atomic E-state index is 0.113. The molecule has 1 heterocycles. The number of carbonyl (C=O) groups excluding carboxylic acids is 1. The zero-order chi connectivity index (χ0) is 14.4. The second-order valence-corrected chi connectivity index (χ2v) is 5.50. The lowest BCUT2D eigenvalue weighted by molar-refractivity contribution is -0.129. The topological polar surface area (TPSA) is 59.2 Å². The Morgan fingerprint density at radius 3 is 2.63 bits per heavy atom. The van der Waals surface area contributed by atoms with Crippen LogP contribution < -0.4 is 5.73 Å². The highest BCUT2D eigenvalue weighted by atomic mass is 16.2. The van der Waals surface area contributed by atoms with Crippen LogP contribution in [-0.2, 0) is 11.2 Å². The fraction of sp³-hybridized carbons (Fsp3) is 0.600. The van der Waals surface area contributed by atoms with E-state index < -0.39 is 0 Å². The Morgan fingerprint density at radius 1 is 1.42 bits per heavy atom. The number of aromatic nitrogens is 1. The SMILES string of the molecule is Cc1ccc(CC(=O)N(C)CCC(N)C(C)C)cn1. The predicted molar refractivity (Wildman–Crippen MR) is 77.7 cm³/mol. The third-order valence-corrected chi connectivity index (χ3v) is 3.41. The van der Waals surface area contributed by atoms with E-state index in [9.17, 15) is 4.79 Å². The van der Waals surface area contributed by atoms with E-state index >= 15 is 0 Å². The van der Waals surface area contributed by atoms with Crippen molar-refractivity contribution in [2.75, 3.05) is 13.6 Å². The molecule has 19 heavy (non-hydrogen) atoms. The minimum Gasteiger partial charge on any atom is -0.345 e. The molecule has 0 fully saturated rings. The molecule has 0 aliphatic carbocycles. The minimum atomic E-state index is 0.113. The molecular weight excluding hydrogens is 238 g/mol. The Labute approximate surface area is 116 Å². The van der Waals surface area contributed by atoms with Gasteiger partial charge in [-0.05, 0) is 30.9 Å². The lowest BCUT2D eigenvalue weighted by Crippen LogP contribution is -2.35. The third kappa shape index (κ3) is 5.39. The average molecular weight is 263 g/mol. The second kappa shape index (κ2) is 7.24. The summed E-state index contributed by atoms with van der Waals surface area (Å²) >= 11 is 0. The molecule has 1 amide bonds. The first-order valence-electron chi connectivity index (χ1n) is 6.81. The van der Waals surface area contributed by atoms with Crippen LogP contribution in [0.5, 0.6) is 0 Å². The zero-order valence-corrected chi connectivity index (χ0v) is 12.4. The van der Waals surface area contributed by atoms with E-state index in [1.54, 1.807) is 11.1 Å². The first-order valence-corrected chi connectivity index (χ1v) is 6.81. The van der Waals surface area contributed by atoms with Gasteiger partial charge in [0.2, 0.25) is 5.91 Å². The molecule has 0 aliphatic heterocycles. The first-order chi connectivity index (χ1) is 8.90. The van der Waals surface area contributed by atoms with Crippen molar-refractivity contribution in [3.63, 3.8) is 0 Å². The van der Waals surface area contributed by atoms with Gasteiger partial charge in [-0.2, -0.15) is 0 Å². The number of amides is 1. The van der Waals surface area contributed by atoms with Crippen molar-refractivity contribution in [2.45, 2.75) is 39.7 Å². The molecule has 1 aromatic rings. The van der Waals surface area contributed by atoms with Crippen molar-refractivity contribution in [2.24, 2.45) is 11.7 Å². The van der Waals surface area contributed by atoms with E-state index in [0.29, 0.717) is 18.9 Å². The number of likely N-dealkylation sites (N-methyl/N-ethyl adjacent to an activating group) is 1. The Kier molecular flexibility index (Phi) is 5.96. The summed E-state index contributed by atoms with van der Waals surface area (Å²) in [5, 5.41) is 0. The van der Waals surface area contributed by atoms with Crippen LogP contribution in [0.1, 0.15) is 31.5 Å². The van der Waals surface area contributed by atoms with Gasteiger partial charge >= 0.3 is 0 Å². The van der Waals surface area contributed by atoms with Gasteiger partial charge in [0.1, 0.15) is 0 Å². The predicted octanol–water partition coefficient (Wildman–Crippen LogP) is 1.76. The van der Waals surface area contributed by atoms with Crippen LogP contribution in [0.4, 0.5) is 0 Å². The van der Waals surface area contributed by atoms with Gasteiger partial charge in [-0.15, -0.1) is 0 Å². The molecule has 0 aliphatic rings. The maximum Gasteiger partial charge on any atom is 0.226 e. The molecule has 4 nitrogen and oxygen atoms in total. The quantitative estimate of drug-likeness (QED) is 0.851. The maximum absolute atomic E-state index is 12.0. The maximum atomic E-state index is 12.0. The normalized spacial score (nSPS) is 12.5. The van der Waals surface area contributed by atoms with Gasteiger partial charge in [-0.25, -0.2) is 0 Å². The van der Waals surface area contributed by atoms with Crippen molar-refractivity contribution in [3.05, 3.63) is 29.6 Å². The summed E-state index contributed by atoms with van der Waals surface area (Å²) in [7, 11) is 1.83. The van der Waals surface area contributed by atoms with Crippen LogP contribution in [0.25, 0.3) is 0 Å². The van der Waals surface area contributed by atoms with E-state index in [0.717, 1.165) is 17.7 Å². The number of nitrogens with zero attached hydrogens (tertiary/aromatic N) is 2. The lowest BCUT2D eigenvalue weighted by Gasteiger charge is -2.21. The summed E-state index contributed by atoms with van der Waals surface area (Å²) in [5.74, 6) is 0.561. The Balaban J connectivity index is 2.42. The Morgan fingerprint density at radius 2 is 2.11 bits per heavy atom. The highest BCUT2D eigenvalue weighted by molar-refractivity contribution is 5.78. The van der Waals surface area contributed by atoms with Crippen LogP contribution in [0, 0.1) is 12.8 Å². The van der Waals surface area contributed by atoms with Gasteiger partial charge < -0.3 is 10.6 Å². The average Bonchev–Trinajstić information content (AvgIpc) is 2.37. The number of rotatable bonds is 6. The lowest BCUT2D eigenvalue weighted by atomic mass is 10.0. The molecule has 1 unspecified atom stereocenters. The second-order valence-electron chi connectivity index (χ2n) is 5.50. The fourth-order valence-electron chi connectivity index (χ4n) is 1.71. The van der Waals surface area contributed by atoms with Gasteiger partial charge in [0.15, 0.2) is 0 Å². The van der Waals surface area contributed by atoms with Crippen molar-refractivity contribution in [1.82, 2.24) is 9.88 Å². The van der Waals surface area contributed by atoms with Crippen molar-refractivity contribution in [3.8, 4) is 0 Å². The monoisotopic (exact) mass is 263 g/mol. The largest absolute Gasteiger partial charge is 0.345 e. The number of pyridine rings is 1. The van der Waals surface area contributed by atoms with E-state index in [2.05, 4.69) is 18.8 Å². The molecule has 4 heteroatoms. The first kappa shape index (κ1) is 15.6. The molecule has 1 aromatic heterocycles. The van der Waals surface area contributed by atoms with Gasteiger partial charge in [0.05, 0.1) is 6.42 Å². The van der Waals surface area contributed by atoms with Crippen LogP contribution in [0.2, 0.25) is 0 Å².